The van der Waals surface area contributed by atoms with Gasteiger partial charge in [0.1, 0.15) is 0 Å². The summed E-state index contributed by atoms with van der Waals surface area (Å²) in [5.41, 5.74) is 2.91. The molecule has 0 saturated carbocycles. The van der Waals surface area contributed by atoms with Crippen molar-refractivity contribution < 1.29 is 4.79 Å². The highest BCUT2D eigenvalue weighted by Crippen LogP contribution is 2.26. The van der Waals surface area contributed by atoms with E-state index in [4.69, 9.17) is 0 Å². The van der Waals surface area contributed by atoms with Crippen molar-refractivity contribution in [1.82, 2.24) is 9.78 Å². The van der Waals surface area contributed by atoms with E-state index in [1.54, 1.807) is 0 Å². The summed E-state index contributed by atoms with van der Waals surface area (Å²) in [6.45, 7) is 6.10. The Bertz CT molecular complexity index is 363. The summed E-state index contributed by atoms with van der Waals surface area (Å²) in [7, 11) is 0. The average Bonchev–Trinajstić information content (AvgIpc) is 2.55. The van der Waals surface area contributed by atoms with Gasteiger partial charge in [-0.15, -0.1) is 0 Å². The molecule has 1 aromatic heterocycles. The molecular formula is C10H14N2O. The van der Waals surface area contributed by atoms with Crippen molar-refractivity contribution in [3.63, 3.8) is 0 Å². The predicted octanol–water partition coefficient (Wildman–Crippen LogP) is 1.90. The molecule has 0 N–H and O–H groups in total. The molecule has 0 fully saturated rings. The third kappa shape index (κ3) is 1.10. The number of ketones is 1. The second-order valence-electron chi connectivity index (χ2n) is 3.87. The van der Waals surface area contributed by atoms with E-state index in [0.29, 0.717) is 12.5 Å². The van der Waals surface area contributed by atoms with Crippen molar-refractivity contribution in [3.8, 4) is 0 Å². The molecule has 0 amide bonds. The minimum Gasteiger partial charge on any atom is -0.294 e. The number of Topliss-reactive ketones (excluding diaryl/α,β-unsaturated/α-hetero) is 1. The van der Waals surface area contributed by atoms with Gasteiger partial charge in [0.2, 0.25) is 0 Å². The van der Waals surface area contributed by atoms with Crippen LogP contribution in [-0.2, 0) is 6.42 Å². The first-order chi connectivity index (χ1) is 6.11. The summed E-state index contributed by atoms with van der Waals surface area (Å²) in [6.07, 6.45) is 1.54. The van der Waals surface area contributed by atoms with Gasteiger partial charge in [-0.2, -0.15) is 5.10 Å². The molecule has 0 radical (unpaired) electrons. The molecule has 0 unspecified atom stereocenters. The van der Waals surface area contributed by atoms with Crippen LogP contribution in [0.15, 0.2) is 0 Å². The lowest BCUT2D eigenvalue weighted by molar-refractivity contribution is 0.0994. The van der Waals surface area contributed by atoms with E-state index in [2.05, 4.69) is 18.9 Å². The minimum absolute atomic E-state index is 0.263. The average molecular weight is 178 g/mol. The molecule has 0 saturated heterocycles. The first kappa shape index (κ1) is 8.48. The van der Waals surface area contributed by atoms with E-state index in [-0.39, 0.29) is 5.78 Å². The number of aromatic nitrogens is 2. The predicted molar refractivity (Wildman–Crippen MR) is 50.0 cm³/mol. The maximum absolute atomic E-state index is 11.5. The number of hydrogen-bond acceptors (Lipinski definition) is 2. The minimum atomic E-state index is 0.263. The lowest BCUT2D eigenvalue weighted by Gasteiger charge is -2.08. The van der Waals surface area contributed by atoms with Crippen LogP contribution in [0, 0.1) is 6.92 Å². The second kappa shape index (κ2) is 2.69. The molecular weight excluding hydrogens is 164 g/mol. The molecule has 0 aliphatic heterocycles. The quantitative estimate of drug-likeness (QED) is 0.658. The Kier molecular flexibility index (Phi) is 1.75. The lowest BCUT2D eigenvalue weighted by Crippen LogP contribution is -2.06. The number of rotatable bonds is 1. The zero-order valence-corrected chi connectivity index (χ0v) is 8.29. The van der Waals surface area contributed by atoms with E-state index in [1.807, 2.05) is 11.6 Å². The number of aryl methyl sites for hydroxylation is 1. The first-order valence-corrected chi connectivity index (χ1v) is 4.72. The Labute approximate surface area is 77.7 Å². The standard InChI is InChI=1S/C10H14N2O/c1-6(2)12-8-4-5-9(13)10(8)7(3)11-12/h6H,4-5H2,1-3H3. The molecule has 0 bridgehead atoms. The van der Waals surface area contributed by atoms with Crippen LogP contribution in [-0.4, -0.2) is 15.6 Å². The van der Waals surface area contributed by atoms with Gasteiger partial charge >= 0.3 is 0 Å². The molecule has 13 heavy (non-hydrogen) atoms. The molecule has 0 atom stereocenters. The van der Waals surface area contributed by atoms with E-state index in [0.717, 1.165) is 23.4 Å². The van der Waals surface area contributed by atoms with Crippen LogP contribution < -0.4 is 0 Å². The van der Waals surface area contributed by atoms with Crippen molar-refractivity contribution in [2.75, 3.05) is 0 Å². The molecule has 3 heteroatoms. The third-order valence-electron chi connectivity index (χ3n) is 2.54. The fraction of sp³-hybridized carbons (Fsp3) is 0.600. The summed E-state index contributed by atoms with van der Waals surface area (Å²) in [4.78, 5) is 11.5. The summed E-state index contributed by atoms with van der Waals surface area (Å²) in [6, 6.07) is 0.355. The third-order valence-corrected chi connectivity index (χ3v) is 2.54. The summed E-state index contributed by atoms with van der Waals surface area (Å²) < 4.78 is 1.98. The monoisotopic (exact) mass is 178 g/mol. The lowest BCUT2D eigenvalue weighted by atomic mass is 10.2. The molecule has 1 heterocycles. The SMILES string of the molecule is Cc1nn(C(C)C)c2c1C(=O)CC2. The van der Waals surface area contributed by atoms with Crippen LogP contribution in [0.25, 0.3) is 0 Å². The topological polar surface area (TPSA) is 34.9 Å². The molecule has 70 valence electrons. The maximum Gasteiger partial charge on any atom is 0.166 e. The first-order valence-electron chi connectivity index (χ1n) is 4.72. The molecule has 1 aliphatic rings. The van der Waals surface area contributed by atoms with Crippen LogP contribution >= 0.6 is 0 Å². The Morgan fingerprint density at radius 3 is 2.69 bits per heavy atom. The van der Waals surface area contributed by atoms with E-state index >= 15 is 0 Å². The zero-order valence-electron chi connectivity index (χ0n) is 8.29. The zero-order chi connectivity index (χ0) is 9.59. The van der Waals surface area contributed by atoms with Crippen molar-refractivity contribution in [2.24, 2.45) is 0 Å². The number of nitrogens with zero attached hydrogens (tertiary/aromatic N) is 2. The smallest absolute Gasteiger partial charge is 0.166 e. The van der Waals surface area contributed by atoms with Crippen LogP contribution in [0.1, 0.15) is 48.1 Å². The molecule has 1 aliphatic carbocycles. The van der Waals surface area contributed by atoms with E-state index < -0.39 is 0 Å². The van der Waals surface area contributed by atoms with Crippen LogP contribution in [0.3, 0.4) is 0 Å². The highest BCUT2D eigenvalue weighted by molar-refractivity contribution is 6.00. The maximum atomic E-state index is 11.5. The fourth-order valence-electron chi connectivity index (χ4n) is 1.98. The van der Waals surface area contributed by atoms with Crippen LogP contribution in [0.2, 0.25) is 0 Å². The summed E-state index contributed by atoms with van der Waals surface area (Å²) >= 11 is 0. The highest BCUT2D eigenvalue weighted by Gasteiger charge is 2.27. The Morgan fingerprint density at radius 1 is 1.38 bits per heavy atom. The number of carbonyl (C=O) groups excluding carboxylic acids is 1. The Morgan fingerprint density at radius 2 is 2.08 bits per heavy atom. The normalized spacial score (nSPS) is 15.5. The van der Waals surface area contributed by atoms with Gasteiger partial charge in [-0.25, -0.2) is 0 Å². The molecule has 0 aromatic carbocycles. The number of fused-ring (bicyclic) bond motifs is 1. The second-order valence-corrected chi connectivity index (χ2v) is 3.87. The van der Waals surface area contributed by atoms with E-state index in [1.165, 1.54) is 0 Å². The van der Waals surface area contributed by atoms with E-state index in [9.17, 15) is 4.79 Å². The molecule has 2 rings (SSSR count). The Balaban J connectivity index is 2.59. The van der Waals surface area contributed by atoms with Gasteiger partial charge in [-0.1, -0.05) is 0 Å². The van der Waals surface area contributed by atoms with Crippen LogP contribution in [0.4, 0.5) is 0 Å². The molecule has 3 nitrogen and oxygen atoms in total. The number of hydrogen-bond donors (Lipinski definition) is 0. The van der Waals surface area contributed by atoms with Gasteiger partial charge in [-0.05, 0) is 27.2 Å². The highest BCUT2D eigenvalue weighted by atomic mass is 16.1. The fourth-order valence-corrected chi connectivity index (χ4v) is 1.98. The van der Waals surface area contributed by atoms with Gasteiger partial charge < -0.3 is 0 Å². The number of carbonyl (C=O) groups is 1. The van der Waals surface area contributed by atoms with Gasteiger partial charge in [0.15, 0.2) is 5.78 Å². The Hall–Kier alpha value is -1.12. The van der Waals surface area contributed by atoms with Crippen LogP contribution in [0.5, 0.6) is 0 Å². The van der Waals surface area contributed by atoms with Crippen molar-refractivity contribution >= 4 is 5.78 Å². The van der Waals surface area contributed by atoms with Gasteiger partial charge in [0, 0.05) is 12.5 Å². The summed E-state index contributed by atoms with van der Waals surface area (Å²) in [5, 5.41) is 4.38. The summed E-state index contributed by atoms with van der Waals surface area (Å²) in [5.74, 6) is 0.263. The molecule has 1 aromatic rings. The molecule has 0 spiro atoms. The van der Waals surface area contributed by atoms with Crippen molar-refractivity contribution in [3.05, 3.63) is 17.0 Å². The van der Waals surface area contributed by atoms with Crippen molar-refractivity contribution in [1.29, 1.82) is 0 Å². The largest absolute Gasteiger partial charge is 0.294 e. The van der Waals surface area contributed by atoms with Crippen molar-refractivity contribution in [2.45, 2.75) is 39.7 Å². The van der Waals surface area contributed by atoms with Gasteiger partial charge in [0.25, 0.3) is 0 Å². The van der Waals surface area contributed by atoms with Gasteiger partial charge in [-0.3, -0.25) is 9.48 Å². The van der Waals surface area contributed by atoms with Gasteiger partial charge in [0.05, 0.1) is 17.0 Å².